The molecule has 0 saturated heterocycles. The molecule has 3 rings (SSSR count). The van der Waals surface area contributed by atoms with Gasteiger partial charge in [-0.05, 0) is 106 Å². The van der Waals surface area contributed by atoms with Gasteiger partial charge in [-0.25, -0.2) is 0 Å². The second-order valence-electron chi connectivity index (χ2n) is 9.43. The summed E-state index contributed by atoms with van der Waals surface area (Å²) < 4.78 is 19.2. The lowest BCUT2D eigenvalue weighted by Gasteiger charge is -2.32. The summed E-state index contributed by atoms with van der Waals surface area (Å²) in [6, 6.07) is 10.9. The summed E-state index contributed by atoms with van der Waals surface area (Å²) in [7, 11) is 0. The molecule has 164 valence electrons. The van der Waals surface area contributed by atoms with Gasteiger partial charge in [-0.15, -0.1) is 0 Å². The third-order valence-electron chi connectivity index (χ3n) is 7.20. The van der Waals surface area contributed by atoms with Crippen LogP contribution < -0.4 is 0 Å². The molecule has 2 aliphatic rings. The van der Waals surface area contributed by atoms with Gasteiger partial charge < -0.3 is 4.74 Å². The molecule has 3 heteroatoms. The van der Waals surface area contributed by atoms with Gasteiger partial charge in [0.2, 0.25) is 0 Å². The van der Waals surface area contributed by atoms with Crippen LogP contribution in [0, 0.1) is 23.2 Å². The lowest BCUT2D eigenvalue weighted by Crippen LogP contribution is -2.25. The topological polar surface area (TPSA) is 33.0 Å². The third kappa shape index (κ3) is 7.24. The molecule has 0 aromatic heterocycles. The van der Waals surface area contributed by atoms with E-state index in [-0.39, 0.29) is 0 Å². The van der Waals surface area contributed by atoms with E-state index in [0.29, 0.717) is 18.4 Å². The van der Waals surface area contributed by atoms with Gasteiger partial charge in [-0.1, -0.05) is 37.6 Å². The van der Waals surface area contributed by atoms with E-state index in [0.717, 1.165) is 37.7 Å². The smallest absolute Gasteiger partial charge is 0.196 e. The van der Waals surface area contributed by atoms with Gasteiger partial charge in [0.25, 0.3) is 0 Å². The fourth-order valence-electron chi connectivity index (χ4n) is 5.26. The van der Waals surface area contributed by atoms with Crippen LogP contribution in [-0.2, 0) is 11.2 Å². The number of aryl methyl sites for hydroxylation is 1. The molecule has 1 aromatic carbocycles. The van der Waals surface area contributed by atoms with E-state index in [9.17, 15) is 4.39 Å². The highest BCUT2D eigenvalue weighted by Crippen LogP contribution is 2.37. The maximum Gasteiger partial charge on any atom is 0.196 e. The van der Waals surface area contributed by atoms with Crippen molar-refractivity contribution in [1.29, 1.82) is 5.26 Å². The monoisotopic (exact) mass is 411 g/mol. The number of nitriles is 1. The number of nitrogens with zero attached hydrogens (tertiary/aromatic N) is 1. The summed E-state index contributed by atoms with van der Waals surface area (Å²) in [5.41, 5.74) is 2.99. The minimum atomic E-state index is -0.643. The molecular weight excluding hydrogens is 373 g/mol. The van der Waals surface area contributed by atoms with Gasteiger partial charge in [0, 0.05) is 6.61 Å². The lowest BCUT2D eigenvalue weighted by atomic mass is 9.78. The van der Waals surface area contributed by atoms with Crippen LogP contribution in [0.25, 0.3) is 0 Å². The Hall–Kier alpha value is -1.66. The molecule has 2 saturated carbocycles. The van der Waals surface area contributed by atoms with Crippen LogP contribution in [0.2, 0.25) is 0 Å². The average Bonchev–Trinajstić information content (AvgIpc) is 2.79. The number of rotatable bonds is 9. The number of halogens is 1. The summed E-state index contributed by atoms with van der Waals surface area (Å²) >= 11 is 0. The minimum Gasteiger partial charge on any atom is -0.378 e. The summed E-state index contributed by atoms with van der Waals surface area (Å²) in [4.78, 5) is 0. The first-order chi connectivity index (χ1) is 14.7. The molecule has 0 heterocycles. The Morgan fingerprint density at radius 1 is 1.03 bits per heavy atom. The summed E-state index contributed by atoms with van der Waals surface area (Å²) in [5, 5.41) is 8.46. The average molecular weight is 412 g/mol. The predicted molar refractivity (Wildman–Crippen MR) is 121 cm³/mol. The molecule has 2 aliphatic carbocycles. The van der Waals surface area contributed by atoms with Crippen molar-refractivity contribution >= 4 is 0 Å². The first-order valence-corrected chi connectivity index (χ1v) is 12.1. The van der Waals surface area contributed by atoms with E-state index in [1.54, 1.807) is 6.07 Å². The molecular formula is C27H38FNO. The minimum absolute atomic E-state index is 0.413. The van der Waals surface area contributed by atoms with E-state index in [4.69, 9.17) is 10.00 Å². The molecule has 2 nitrogen and oxygen atoms in total. The highest BCUT2D eigenvalue weighted by molar-refractivity contribution is 5.25. The molecule has 0 bridgehead atoms. The summed E-state index contributed by atoms with van der Waals surface area (Å²) in [6.07, 6.45) is 15.7. The van der Waals surface area contributed by atoms with Gasteiger partial charge in [0.05, 0.1) is 6.10 Å². The van der Waals surface area contributed by atoms with E-state index in [1.165, 1.54) is 68.6 Å². The highest BCUT2D eigenvalue weighted by Gasteiger charge is 2.25. The van der Waals surface area contributed by atoms with Gasteiger partial charge in [-0.2, -0.15) is 9.65 Å². The van der Waals surface area contributed by atoms with Crippen molar-refractivity contribution in [2.45, 2.75) is 96.0 Å². The predicted octanol–water partition coefficient (Wildman–Crippen LogP) is 7.65. The van der Waals surface area contributed by atoms with Crippen LogP contribution in [0.5, 0.6) is 0 Å². The van der Waals surface area contributed by atoms with Crippen molar-refractivity contribution in [2.75, 3.05) is 6.61 Å². The molecule has 0 atom stereocenters. The lowest BCUT2D eigenvalue weighted by molar-refractivity contribution is -0.00824. The first kappa shape index (κ1) is 23.0. The van der Waals surface area contributed by atoms with E-state index in [1.807, 2.05) is 0 Å². The largest absolute Gasteiger partial charge is 0.378 e. The van der Waals surface area contributed by atoms with Gasteiger partial charge in [0.1, 0.15) is 6.07 Å². The van der Waals surface area contributed by atoms with Crippen molar-refractivity contribution in [3.05, 3.63) is 47.3 Å². The van der Waals surface area contributed by atoms with Crippen molar-refractivity contribution in [1.82, 2.24) is 0 Å². The molecule has 0 N–H and O–H groups in total. The molecule has 0 unspecified atom stereocenters. The molecule has 2 fully saturated rings. The van der Waals surface area contributed by atoms with Crippen molar-refractivity contribution in [3.63, 3.8) is 0 Å². The zero-order valence-electron chi connectivity index (χ0n) is 18.6. The van der Waals surface area contributed by atoms with Gasteiger partial charge in [-0.3, -0.25) is 0 Å². The Labute approximate surface area is 182 Å². The maximum absolute atomic E-state index is 12.9. The third-order valence-corrected chi connectivity index (χ3v) is 7.20. The maximum atomic E-state index is 12.9. The number of hydrogen-bond acceptors (Lipinski definition) is 2. The van der Waals surface area contributed by atoms with E-state index in [2.05, 4.69) is 31.2 Å². The zero-order chi connectivity index (χ0) is 21.2. The van der Waals surface area contributed by atoms with Crippen LogP contribution in [0.1, 0.15) is 94.6 Å². The second-order valence-corrected chi connectivity index (χ2v) is 9.43. The van der Waals surface area contributed by atoms with Gasteiger partial charge in [0.15, 0.2) is 5.83 Å². The Kier molecular flexibility index (Phi) is 9.40. The summed E-state index contributed by atoms with van der Waals surface area (Å²) in [6.45, 7) is 3.16. The molecule has 30 heavy (non-hydrogen) atoms. The Morgan fingerprint density at radius 2 is 1.70 bits per heavy atom. The summed E-state index contributed by atoms with van der Waals surface area (Å²) in [5.74, 6) is 1.46. The number of hydrogen-bond donors (Lipinski definition) is 0. The number of ether oxygens (including phenoxy) is 1. The van der Waals surface area contributed by atoms with Crippen molar-refractivity contribution in [2.24, 2.45) is 11.8 Å². The molecule has 0 radical (unpaired) electrons. The zero-order valence-corrected chi connectivity index (χ0v) is 18.6. The van der Waals surface area contributed by atoms with Crippen LogP contribution in [0.4, 0.5) is 4.39 Å². The van der Waals surface area contributed by atoms with Crippen LogP contribution >= 0.6 is 0 Å². The Balaban J connectivity index is 1.30. The van der Waals surface area contributed by atoms with Gasteiger partial charge >= 0.3 is 0 Å². The molecule has 0 amide bonds. The van der Waals surface area contributed by atoms with Crippen molar-refractivity contribution in [3.8, 4) is 6.07 Å². The SMILES string of the molecule is CCCc1ccc([C@H]2CC[C@H](CO[C@H]3CC[C@H](CCC=C(F)C#N)CC3)CC2)cc1. The number of allylic oxidation sites excluding steroid dienone is 2. The quantitative estimate of drug-likeness (QED) is 0.391. The molecule has 1 aromatic rings. The fourth-order valence-corrected chi connectivity index (χ4v) is 5.26. The second kappa shape index (κ2) is 12.3. The molecule has 0 spiro atoms. The Bertz CT molecular complexity index is 689. The van der Waals surface area contributed by atoms with Crippen molar-refractivity contribution < 1.29 is 9.13 Å². The highest BCUT2D eigenvalue weighted by atomic mass is 19.1. The van der Waals surface area contributed by atoms with Crippen LogP contribution in [0.3, 0.4) is 0 Å². The standard InChI is InChI=1S/C27H38FNO/c1-2-4-21-7-13-24(14-8-21)25-15-9-23(10-16-25)20-30-27-17-11-22(12-18-27)5-3-6-26(28)19-29/h6-8,13-14,22-23,25,27H,2-5,9-12,15-18,20H2,1H3/t22-,23-,25-,27-. The molecule has 0 aliphatic heterocycles. The first-order valence-electron chi connectivity index (χ1n) is 12.1. The van der Waals surface area contributed by atoms with Crippen LogP contribution in [-0.4, -0.2) is 12.7 Å². The fraction of sp³-hybridized carbons (Fsp3) is 0.667. The normalized spacial score (nSPS) is 27.6. The Morgan fingerprint density at radius 3 is 2.33 bits per heavy atom. The van der Waals surface area contributed by atoms with E-state index < -0.39 is 5.83 Å². The number of benzene rings is 1. The van der Waals surface area contributed by atoms with E-state index >= 15 is 0 Å². The van der Waals surface area contributed by atoms with Crippen LogP contribution in [0.15, 0.2) is 36.2 Å².